The molecule has 158 valence electrons. The molecule has 1 aliphatic rings. The number of rotatable bonds is 4. The van der Waals surface area contributed by atoms with Crippen LogP contribution in [0.25, 0.3) is 0 Å². The van der Waals surface area contributed by atoms with E-state index in [-0.39, 0.29) is 22.8 Å². The second kappa shape index (κ2) is 9.91. The van der Waals surface area contributed by atoms with E-state index in [4.69, 9.17) is 23.8 Å². The number of nitrogens with zero attached hydrogens (tertiary/aromatic N) is 2. The predicted octanol–water partition coefficient (Wildman–Crippen LogP) is 3.77. The quantitative estimate of drug-likeness (QED) is 0.703. The lowest BCUT2D eigenvalue weighted by Crippen LogP contribution is -2.49. The van der Waals surface area contributed by atoms with Gasteiger partial charge < -0.3 is 15.1 Å². The van der Waals surface area contributed by atoms with Gasteiger partial charge in [-0.15, -0.1) is 0 Å². The molecule has 2 N–H and O–H groups in total. The molecule has 30 heavy (non-hydrogen) atoms. The number of piperazine rings is 1. The molecule has 1 aliphatic heterocycles. The Morgan fingerprint density at radius 3 is 2.23 bits per heavy atom. The van der Waals surface area contributed by atoms with Gasteiger partial charge in [0.15, 0.2) is 5.11 Å². The van der Waals surface area contributed by atoms with Gasteiger partial charge in [-0.3, -0.25) is 14.9 Å². The van der Waals surface area contributed by atoms with Crippen LogP contribution in [0.5, 0.6) is 0 Å². The van der Waals surface area contributed by atoms with Gasteiger partial charge in [0, 0.05) is 43.5 Å². The number of halogens is 1. The predicted molar refractivity (Wildman–Crippen MR) is 125 cm³/mol. The van der Waals surface area contributed by atoms with Gasteiger partial charge in [-0.2, -0.15) is 0 Å². The highest BCUT2D eigenvalue weighted by Crippen LogP contribution is 2.20. The van der Waals surface area contributed by atoms with E-state index in [0.29, 0.717) is 10.6 Å². The van der Waals surface area contributed by atoms with Crippen LogP contribution in [0, 0.1) is 5.92 Å². The van der Waals surface area contributed by atoms with E-state index in [1.54, 1.807) is 24.3 Å². The zero-order valence-electron chi connectivity index (χ0n) is 17.0. The Hall–Kier alpha value is -2.64. The number of amides is 2. The van der Waals surface area contributed by atoms with Gasteiger partial charge in [-0.1, -0.05) is 37.6 Å². The van der Waals surface area contributed by atoms with Crippen molar-refractivity contribution in [2.75, 3.05) is 36.4 Å². The molecule has 3 rings (SSSR count). The van der Waals surface area contributed by atoms with E-state index in [9.17, 15) is 9.59 Å². The first-order valence-electron chi connectivity index (χ1n) is 9.86. The summed E-state index contributed by atoms with van der Waals surface area (Å²) in [5.41, 5.74) is 2.23. The van der Waals surface area contributed by atoms with E-state index < -0.39 is 0 Å². The van der Waals surface area contributed by atoms with Gasteiger partial charge in [0.05, 0.1) is 10.6 Å². The minimum Gasteiger partial charge on any atom is -0.368 e. The molecule has 0 atom stereocenters. The molecule has 0 aromatic heterocycles. The third-order valence-corrected chi connectivity index (χ3v) is 5.45. The fourth-order valence-electron chi connectivity index (χ4n) is 3.28. The molecular weight excluding hydrogens is 420 g/mol. The van der Waals surface area contributed by atoms with E-state index in [1.165, 1.54) is 0 Å². The van der Waals surface area contributed by atoms with Crippen molar-refractivity contribution >= 4 is 52.1 Å². The molecule has 8 heteroatoms. The van der Waals surface area contributed by atoms with Gasteiger partial charge in [0.1, 0.15) is 0 Å². The van der Waals surface area contributed by atoms with Crippen LogP contribution >= 0.6 is 23.8 Å². The maximum Gasteiger partial charge on any atom is 0.258 e. The molecule has 2 aromatic carbocycles. The average Bonchev–Trinajstić information content (AvgIpc) is 2.74. The number of anilines is 2. The molecule has 0 radical (unpaired) electrons. The first kappa shape index (κ1) is 22.1. The van der Waals surface area contributed by atoms with Crippen molar-refractivity contribution in [2.24, 2.45) is 5.92 Å². The largest absolute Gasteiger partial charge is 0.368 e. The monoisotopic (exact) mass is 444 g/mol. The number of benzene rings is 2. The van der Waals surface area contributed by atoms with E-state index in [1.807, 2.05) is 43.0 Å². The van der Waals surface area contributed by atoms with Crippen molar-refractivity contribution in [3.8, 4) is 0 Å². The van der Waals surface area contributed by atoms with Crippen LogP contribution in [0.3, 0.4) is 0 Å². The lowest BCUT2D eigenvalue weighted by molar-refractivity contribution is -0.134. The summed E-state index contributed by atoms with van der Waals surface area (Å²) in [6.07, 6.45) is 0. The standard InChI is InChI=1S/C22H25ClN4O2S/c1-15(2)21(29)27-13-11-26(12-14-27)17-9-7-16(8-10-17)24-22(30)25-20(28)18-5-3-4-6-19(18)23/h3-10,15H,11-14H2,1-2H3,(H2,24,25,28,30). The van der Waals surface area contributed by atoms with E-state index in [0.717, 1.165) is 37.6 Å². The summed E-state index contributed by atoms with van der Waals surface area (Å²) in [6, 6.07) is 14.6. The summed E-state index contributed by atoms with van der Waals surface area (Å²) in [7, 11) is 0. The lowest BCUT2D eigenvalue weighted by atomic mass is 10.1. The Balaban J connectivity index is 1.52. The fraction of sp³-hybridized carbons (Fsp3) is 0.318. The molecule has 2 amide bonds. The second-order valence-corrected chi connectivity index (χ2v) is 8.22. The van der Waals surface area contributed by atoms with Crippen LogP contribution in [0.2, 0.25) is 5.02 Å². The van der Waals surface area contributed by atoms with Crippen molar-refractivity contribution < 1.29 is 9.59 Å². The van der Waals surface area contributed by atoms with Crippen LogP contribution in [0.1, 0.15) is 24.2 Å². The Kier molecular flexibility index (Phi) is 7.29. The van der Waals surface area contributed by atoms with Gasteiger partial charge >= 0.3 is 0 Å². The van der Waals surface area contributed by atoms with Gasteiger partial charge in [-0.25, -0.2) is 0 Å². The van der Waals surface area contributed by atoms with Gasteiger partial charge in [0.25, 0.3) is 5.91 Å². The molecule has 0 unspecified atom stereocenters. The van der Waals surface area contributed by atoms with Gasteiger partial charge in [-0.05, 0) is 48.6 Å². The number of carbonyl (C=O) groups is 2. The summed E-state index contributed by atoms with van der Waals surface area (Å²) in [5, 5.41) is 6.22. The SMILES string of the molecule is CC(C)C(=O)N1CCN(c2ccc(NC(=S)NC(=O)c3ccccc3Cl)cc2)CC1. The van der Waals surface area contributed by atoms with E-state index in [2.05, 4.69) is 15.5 Å². The molecule has 1 saturated heterocycles. The lowest BCUT2D eigenvalue weighted by Gasteiger charge is -2.37. The van der Waals surface area contributed by atoms with Crippen molar-refractivity contribution in [3.05, 3.63) is 59.1 Å². The number of thiocarbonyl (C=S) groups is 1. The summed E-state index contributed by atoms with van der Waals surface area (Å²) in [5.74, 6) is -0.116. The molecule has 1 fully saturated rings. The topological polar surface area (TPSA) is 64.7 Å². The minimum absolute atomic E-state index is 0.0316. The van der Waals surface area contributed by atoms with E-state index >= 15 is 0 Å². The van der Waals surface area contributed by atoms with Crippen LogP contribution in [-0.2, 0) is 4.79 Å². The first-order valence-corrected chi connectivity index (χ1v) is 10.6. The zero-order valence-corrected chi connectivity index (χ0v) is 18.6. The van der Waals surface area contributed by atoms with Crippen LogP contribution in [0.4, 0.5) is 11.4 Å². The summed E-state index contributed by atoms with van der Waals surface area (Å²) >= 11 is 11.3. The number of carbonyl (C=O) groups excluding carboxylic acids is 2. The summed E-state index contributed by atoms with van der Waals surface area (Å²) < 4.78 is 0. The smallest absolute Gasteiger partial charge is 0.258 e. The second-order valence-electron chi connectivity index (χ2n) is 7.40. The maximum atomic E-state index is 12.3. The minimum atomic E-state index is -0.358. The number of nitrogens with one attached hydrogen (secondary N) is 2. The van der Waals surface area contributed by atoms with Crippen LogP contribution in [-0.4, -0.2) is 48.0 Å². The van der Waals surface area contributed by atoms with Crippen LogP contribution in [0.15, 0.2) is 48.5 Å². The molecule has 0 saturated carbocycles. The number of hydrogen-bond donors (Lipinski definition) is 2. The molecule has 0 bridgehead atoms. The third kappa shape index (κ3) is 5.49. The Morgan fingerprint density at radius 2 is 1.63 bits per heavy atom. The maximum absolute atomic E-state index is 12.3. The Bertz CT molecular complexity index is 925. The Morgan fingerprint density at radius 1 is 1.00 bits per heavy atom. The van der Waals surface area contributed by atoms with Gasteiger partial charge in [0.2, 0.25) is 5.91 Å². The van der Waals surface area contributed by atoms with Crippen molar-refractivity contribution in [1.82, 2.24) is 10.2 Å². The molecule has 0 aliphatic carbocycles. The number of hydrogen-bond acceptors (Lipinski definition) is 4. The highest BCUT2D eigenvalue weighted by atomic mass is 35.5. The normalized spacial score (nSPS) is 13.9. The fourth-order valence-corrected chi connectivity index (χ4v) is 3.72. The molecule has 0 spiro atoms. The molecular formula is C22H25ClN4O2S. The molecule has 1 heterocycles. The average molecular weight is 445 g/mol. The highest BCUT2D eigenvalue weighted by Gasteiger charge is 2.22. The Labute approximate surface area is 187 Å². The van der Waals surface area contributed by atoms with Crippen molar-refractivity contribution in [1.29, 1.82) is 0 Å². The van der Waals surface area contributed by atoms with Crippen molar-refractivity contribution in [2.45, 2.75) is 13.8 Å². The van der Waals surface area contributed by atoms with Crippen molar-refractivity contribution in [3.63, 3.8) is 0 Å². The third-order valence-electron chi connectivity index (χ3n) is 4.92. The van der Waals surface area contributed by atoms with Crippen LogP contribution < -0.4 is 15.5 Å². The summed E-state index contributed by atoms with van der Waals surface area (Å²) in [6.45, 7) is 6.93. The highest BCUT2D eigenvalue weighted by molar-refractivity contribution is 7.80. The summed E-state index contributed by atoms with van der Waals surface area (Å²) in [4.78, 5) is 28.6. The molecule has 6 nitrogen and oxygen atoms in total. The first-order chi connectivity index (χ1) is 14.3. The molecule has 2 aromatic rings. The zero-order chi connectivity index (χ0) is 21.7.